The van der Waals surface area contributed by atoms with Gasteiger partial charge in [-0.25, -0.2) is 9.37 Å². The fraction of sp³-hybridized carbons (Fsp3) is 0.667. The van der Waals surface area contributed by atoms with Crippen molar-refractivity contribution >= 4 is 0 Å². The molecule has 3 rings (SSSR count). The lowest BCUT2D eigenvalue weighted by Gasteiger charge is -2.33. The lowest BCUT2D eigenvalue weighted by molar-refractivity contribution is -0.160. The third-order valence-corrected chi connectivity index (χ3v) is 7.72. The lowest BCUT2D eigenvalue weighted by Crippen LogP contribution is -2.40. The first kappa shape index (κ1) is 32.5. The van der Waals surface area contributed by atoms with Crippen molar-refractivity contribution in [3.8, 4) is 11.3 Å². The van der Waals surface area contributed by atoms with E-state index in [2.05, 4.69) is 18.8 Å². The van der Waals surface area contributed by atoms with Gasteiger partial charge in [-0.05, 0) is 62.1 Å². The maximum absolute atomic E-state index is 15.2. The number of alkyl halides is 3. The number of halogens is 4. The Balaban J connectivity index is 1.51. The topological polar surface area (TPSA) is 31.4 Å². The molecule has 0 spiro atoms. The molecular formula is C33H47F4NO2. The molecule has 0 saturated carbocycles. The molecule has 1 heterocycles. The van der Waals surface area contributed by atoms with Crippen LogP contribution < -0.4 is 0 Å². The number of aromatic nitrogens is 1. The van der Waals surface area contributed by atoms with Crippen molar-refractivity contribution in [3.63, 3.8) is 0 Å². The van der Waals surface area contributed by atoms with Crippen LogP contribution in [0.15, 0.2) is 30.3 Å². The maximum Gasteiger partial charge on any atom is 0.303 e. The average Bonchev–Trinajstić information content (AvgIpc) is 2.94. The standard InChI is InChI=1S/C33H47F4NO2/c1-3-5-7-10-14-28(34)24-40-30-20-19-27-23-29(38-32(35)31(27)33(30,36)37)26-17-15-25(16-18-26)13-9-8-12-22-39-21-11-6-4-2/h15-18,23,28,30H,3-14,19-22,24H2,1-2H3. The molecule has 0 bridgehead atoms. The SMILES string of the molecule is CCCCCCC(F)COC1CCc2cc(-c3ccc(CCCCCOCCCCC)cc3)nc(F)c2C1(F)F. The van der Waals surface area contributed by atoms with Gasteiger partial charge in [-0.3, -0.25) is 0 Å². The van der Waals surface area contributed by atoms with Gasteiger partial charge in [0.1, 0.15) is 12.3 Å². The number of pyridine rings is 1. The van der Waals surface area contributed by atoms with Crippen molar-refractivity contribution in [2.24, 2.45) is 0 Å². The molecule has 0 N–H and O–H groups in total. The van der Waals surface area contributed by atoms with Crippen LogP contribution in [0.5, 0.6) is 0 Å². The lowest BCUT2D eigenvalue weighted by atomic mass is 9.86. The highest BCUT2D eigenvalue weighted by atomic mass is 19.3. The van der Waals surface area contributed by atoms with Crippen LogP contribution in [-0.4, -0.2) is 37.1 Å². The highest BCUT2D eigenvalue weighted by Gasteiger charge is 2.49. The van der Waals surface area contributed by atoms with E-state index < -0.39 is 36.3 Å². The van der Waals surface area contributed by atoms with Crippen LogP contribution in [-0.2, 0) is 28.2 Å². The Hall–Kier alpha value is -1.99. The van der Waals surface area contributed by atoms with Crippen LogP contribution in [0.1, 0.15) is 108 Å². The molecule has 2 aromatic rings. The number of unbranched alkanes of at least 4 members (excludes halogenated alkanes) is 7. The molecule has 40 heavy (non-hydrogen) atoms. The minimum Gasteiger partial charge on any atom is -0.381 e. The third kappa shape index (κ3) is 9.83. The van der Waals surface area contributed by atoms with Crippen LogP contribution in [0.3, 0.4) is 0 Å². The predicted molar refractivity (Wildman–Crippen MR) is 153 cm³/mol. The quantitative estimate of drug-likeness (QED) is 0.0966. The van der Waals surface area contributed by atoms with E-state index in [1.807, 2.05) is 24.3 Å². The number of fused-ring (bicyclic) bond motifs is 1. The molecule has 0 radical (unpaired) electrons. The summed E-state index contributed by atoms with van der Waals surface area (Å²) in [6.07, 6.45) is 9.07. The molecule has 0 amide bonds. The Morgan fingerprint density at radius 2 is 1.60 bits per heavy atom. The van der Waals surface area contributed by atoms with E-state index in [1.165, 1.54) is 18.4 Å². The van der Waals surface area contributed by atoms with Gasteiger partial charge < -0.3 is 9.47 Å². The molecule has 2 atom stereocenters. The van der Waals surface area contributed by atoms with Crippen LogP contribution in [0.2, 0.25) is 0 Å². The molecule has 0 saturated heterocycles. The van der Waals surface area contributed by atoms with E-state index in [0.29, 0.717) is 24.1 Å². The molecular weight excluding hydrogens is 518 g/mol. The largest absolute Gasteiger partial charge is 0.381 e. The number of rotatable bonds is 19. The van der Waals surface area contributed by atoms with Gasteiger partial charge in [-0.15, -0.1) is 0 Å². The molecule has 1 aromatic heterocycles. The van der Waals surface area contributed by atoms with Crippen molar-refractivity contribution < 1.29 is 27.0 Å². The Morgan fingerprint density at radius 3 is 2.33 bits per heavy atom. The second-order valence-corrected chi connectivity index (χ2v) is 11.1. The van der Waals surface area contributed by atoms with Crippen molar-refractivity contribution in [1.82, 2.24) is 4.98 Å². The summed E-state index contributed by atoms with van der Waals surface area (Å²) >= 11 is 0. The van der Waals surface area contributed by atoms with Crippen LogP contribution in [0.25, 0.3) is 11.3 Å². The highest BCUT2D eigenvalue weighted by molar-refractivity contribution is 5.61. The number of hydrogen-bond donors (Lipinski definition) is 0. The van der Waals surface area contributed by atoms with Gasteiger partial charge in [0.15, 0.2) is 0 Å². The van der Waals surface area contributed by atoms with E-state index in [4.69, 9.17) is 9.47 Å². The average molecular weight is 566 g/mol. The Labute approximate surface area is 238 Å². The smallest absolute Gasteiger partial charge is 0.303 e. The van der Waals surface area contributed by atoms with Gasteiger partial charge in [-0.1, -0.05) is 83.1 Å². The van der Waals surface area contributed by atoms with Crippen molar-refractivity contribution in [1.29, 1.82) is 0 Å². The van der Waals surface area contributed by atoms with E-state index >= 15 is 13.2 Å². The van der Waals surface area contributed by atoms with Crippen LogP contribution in [0, 0.1) is 5.95 Å². The van der Waals surface area contributed by atoms with Crippen LogP contribution >= 0.6 is 0 Å². The summed E-state index contributed by atoms with van der Waals surface area (Å²) in [6, 6.07) is 9.28. The van der Waals surface area contributed by atoms with Crippen molar-refractivity contribution in [2.75, 3.05) is 19.8 Å². The summed E-state index contributed by atoms with van der Waals surface area (Å²) in [5.41, 5.74) is 1.74. The Bertz CT molecular complexity index is 999. The summed E-state index contributed by atoms with van der Waals surface area (Å²) in [6.45, 7) is 5.51. The molecule has 2 unspecified atom stereocenters. The molecule has 1 aromatic carbocycles. The number of benzene rings is 1. The summed E-state index contributed by atoms with van der Waals surface area (Å²) in [4.78, 5) is 3.90. The minimum atomic E-state index is -3.56. The number of nitrogens with zero attached hydrogens (tertiary/aromatic N) is 1. The second kappa shape index (κ2) is 17.1. The van der Waals surface area contributed by atoms with E-state index in [-0.39, 0.29) is 18.4 Å². The first-order chi connectivity index (χ1) is 19.4. The maximum atomic E-state index is 15.2. The van der Waals surface area contributed by atoms with E-state index in [9.17, 15) is 4.39 Å². The third-order valence-electron chi connectivity index (χ3n) is 7.72. The number of ether oxygens (including phenoxy) is 2. The molecule has 1 aliphatic rings. The second-order valence-electron chi connectivity index (χ2n) is 11.1. The van der Waals surface area contributed by atoms with E-state index in [0.717, 1.165) is 64.6 Å². The zero-order valence-corrected chi connectivity index (χ0v) is 24.3. The van der Waals surface area contributed by atoms with E-state index in [1.54, 1.807) is 6.07 Å². The minimum absolute atomic E-state index is 0.00810. The van der Waals surface area contributed by atoms with Gasteiger partial charge in [-0.2, -0.15) is 13.2 Å². The zero-order chi connectivity index (χ0) is 28.8. The summed E-state index contributed by atoms with van der Waals surface area (Å²) in [5.74, 6) is -4.74. The summed E-state index contributed by atoms with van der Waals surface area (Å²) in [5, 5.41) is 0. The molecule has 3 nitrogen and oxygen atoms in total. The Kier molecular flexibility index (Phi) is 13.9. The van der Waals surface area contributed by atoms with Gasteiger partial charge in [0, 0.05) is 18.8 Å². The summed E-state index contributed by atoms with van der Waals surface area (Å²) in [7, 11) is 0. The first-order valence-corrected chi connectivity index (χ1v) is 15.4. The molecule has 7 heteroatoms. The molecule has 1 aliphatic carbocycles. The first-order valence-electron chi connectivity index (χ1n) is 15.4. The highest BCUT2D eigenvalue weighted by Crippen LogP contribution is 2.44. The zero-order valence-electron chi connectivity index (χ0n) is 24.3. The van der Waals surface area contributed by atoms with Gasteiger partial charge in [0.05, 0.1) is 17.9 Å². The number of hydrogen-bond acceptors (Lipinski definition) is 3. The van der Waals surface area contributed by atoms with Gasteiger partial charge in [0.25, 0.3) is 0 Å². The predicted octanol–water partition coefficient (Wildman–Crippen LogP) is 9.54. The van der Waals surface area contributed by atoms with Crippen LogP contribution in [0.4, 0.5) is 17.6 Å². The molecule has 224 valence electrons. The fourth-order valence-corrected chi connectivity index (χ4v) is 5.28. The van der Waals surface area contributed by atoms with Crippen molar-refractivity contribution in [2.45, 2.75) is 122 Å². The van der Waals surface area contributed by atoms with Gasteiger partial charge in [0.2, 0.25) is 5.95 Å². The normalized spacial score (nSPS) is 17.1. The summed E-state index contributed by atoms with van der Waals surface area (Å²) < 4.78 is 70.7. The monoisotopic (exact) mass is 565 g/mol. The van der Waals surface area contributed by atoms with Gasteiger partial charge >= 0.3 is 5.92 Å². The fourth-order valence-electron chi connectivity index (χ4n) is 5.28. The number of aryl methyl sites for hydroxylation is 2. The molecule has 0 fully saturated rings. The molecule has 0 aliphatic heterocycles. The van der Waals surface area contributed by atoms with Crippen molar-refractivity contribution in [3.05, 3.63) is 53.0 Å². The Morgan fingerprint density at radius 1 is 0.925 bits per heavy atom.